The molecule has 6 nitrogen and oxygen atoms in total. The van der Waals surface area contributed by atoms with Gasteiger partial charge in [0, 0.05) is 25.8 Å². The first kappa shape index (κ1) is 23.5. The Kier molecular flexibility index (Phi) is 8.41. The molecule has 2 N–H and O–H groups in total. The summed E-state index contributed by atoms with van der Waals surface area (Å²) >= 11 is 0. The molecule has 3 rings (SSSR count). The minimum Gasteiger partial charge on any atom is -0.375 e. The molecule has 3 aromatic carbocycles. The summed E-state index contributed by atoms with van der Waals surface area (Å²) in [6.07, 6.45) is 1.00. The summed E-state index contributed by atoms with van der Waals surface area (Å²) in [7, 11) is -1.82. The fourth-order valence-electron chi connectivity index (χ4n) is 3.36. The summed E-state index contributed by atoms with van der Waals surface area (Å²) < 4.78 is 28.2. The van der Waals surface area contributed by atoms with Gasteiger partial charge in [0.1, 0.15) is 6.04 Å². The number of amides is 1. The number of sulfonamides is 1. The zero-order chi connectivity index (χ0) is 22.8. The van der Waals surface area contributed by atoms with Gasteiger partial charge in [-0.2, -0.15) is 4.72 Å². The highest BCUT2D eigenvalue weighted by atomic mass is 32.2. The molecule has 7 heteroatoms. The standard InChI is InChI=1S/C25H29N3O3S/c1-28(22-14-7-3-8-15-22)19-11-18-26-25(29)24(20-21-12-5-2-6-13-21)27-32(30,31)23-16-9-4-10-17-23/h2-10,12-17,24,27H,11,18-20H2,1H3,(H,26,29). The van der Waals surface area contributed by atoms with Crippen molar-refractivity contribution in [2.75, 3.05) is 25.0 Å². The first-order chi connectivity index (χ1) is 15.5. The summed E-state index contributed by atoms with van der Waals surface area (Å²) in [5, 5.41) is 2.89. The second kappa shape index (κ2) is 11.5. The van der Waals surface area contributed by atoms with Gasteiger partial charge in [-0.15, -0.1) is 0 Å². The molecule has 0 saturated carbocycles. The smallest absolute Gasteiger partial charge is 0.241 e. The molecule has 0 aliphatic heterocycles. The van der Waals surface area contributed by atoms with Crippen molar-refractivity contribution in [2.45, 2.75) is 23.8 Å². The van der Waals surface area contributed by atoms with Crippen molar-refractivity contribution in [1.29, 1.82) is 0 Å². The van der Waals surface area contributed by atoms with Gasteiger partial charge in [0.05, 0.1) is 4.90 Å². The van der Waals surface area contributed by atoms with Gasteiger partial charge in [0.15, 0.2) is 0 Å². The lowest BCUT2D eigenvalue weighted by atomic mass is 10.1. The lowest BCUT2D eigenvalue weighted by molar-refractivity contribution is -0.122. The van der Waals surface area contributed by atoms with Gasteiger partial charge in [-0.1, -0.05) is 66.7 Å². The summed E-state index contributed by atoms with van der Waals surface area (Å²) in [4.78, 5) is 15.2. The molecule has 3 aromatic rings. The number of benzene rings is 3. The van der Waals surface area contributed by atoms with E-state index >= 15 is 0 Å². The maximum Gasteiger partial charge on any atom is 0.241 e. The van der Waals surface area contributed by atoms with Crippen LogP contribution in [0.5, 0.6) is 0 Å². The van der Waals surface area contributed by atoms with Crippen LogP contribution in [0.3, 0.4) is 0 Å². The minimum absolute atomic E-state index is 0.135. The normalized spacial score (nSPS) is 12.2. The fraction of sp³-hybridized carbons (Fsp3) is 0.240. The van der Waals surface area contributed by atoms with Crippen molar-refractivity contribution in [2.24, 2.45) is 0 Å². The molecule has 168 valence electrons. The van der Waals surface area contributed by atoms with Gasteiger partial charge in [-0.25, -0.2) is 8.42 Å². The van der Waals surface area contributed by atoms with E-state index in [1.807, 2.05) is 67.7 Å². The van der Waals surface area contributed by atoms with Crippen LogP contribution in [0, 0.1) is 0 Å². The second-order valence-corrected chi connectivity index (χ2v) is 9.29. The van der Waals surface area contributed by atoms with E-state index in [0.29, 0.717) is 6.54 Å². The average molecular weight is 452 g/mol. The van der Waals surface area contributed by atoms with E-state index < -0.39 is 16.1 Å². The van der Waals surface area contributed by atoms with Crippen LogP contribution < -0.4 is 14.9 Å². The van der Waals surface area contributed by atoms with Crippen LogP contribution in [0.1, 0.15) is 12.0 Å². The number of carbonyl (C=O) groups excluding carboxylic acids is 1. The van der Waals surface area contributed by atoms with E-state index in [1.165, 1.54) is 12.1 Å². The number of para-hydroxylation sites is 1. The molecule has 0 bridgehead atoms. The topological polar surface area (TPSA) is 78.5 Å². The van der Waals surface area contributed by atoms with Crippen molar-refractivity contribution >= 4 is 21.6 Å². The predicted octanol–water partition coefficient (Wildman–Crippen LogP) is 3.22. The molecular weight excluding hydrogens is 422 g/mol. The zero-order valence-corrected chi connectivity index (χ0v) is 19.0. The van der Waals surface area contributed by atoms with Crippen molar-refractivity contribution in [3.8, 4) is 0 Å². The molecule has 1 unspecified atom stereocenters. The Morgan fingerprint density at radius 3 is 2.06 bits per heavy atom. The Hall–Kier alpha value is -3.16. The van der Waals surface area contributed by atoms with Crippen LogP contribution >= 0.6 is 0 Å². The molecule has 1 amide bonds. The maximum absolute atomic E-state index is 12.9. The van der Waals surface area contributed by atoms with E-state index in [4.69, 9.17) is 0 Å². The number of carbonyl (C=O) groups is 1. The quantitative estimate of drug-likeness (QED) is 0.439. The first-order valence-corrected chi connectivity index (χ1v) is 12.1. The van der Waals surface area contributed by atoms with Gasteiger partial charge in [0.2, 0.25) is 15.9 Å². The highest BCUT2D eigenvalue weighted by molar-refractivity contribution is 7.89. The van der Waals surface area contributed by atoms with Gasteiger partial charge in [0.25, 0.3) is 0 Å². The van der Waals surface area contributed by atoms with Crippen molar-refractivity contribution < 1.29 is 13.2 Å². The van der Waals surface area contributed by atoms with Gasteiger partial charge >= 0.3 is 0 Å². The van der Waals surface area contributed by atoms with Crippen LogP contribution in [-0.4, -0.2) is 40.5 Å². The SMILES string of the molecule is CN(CCCNC(=O)C(Cc1ccccc1)NS(=O)(=O)c1ccccc1)c1ccccc1. The Bertz CT molecular complexity index is 1080. The molecule has 0 spiro atoms. The molecular formula is C25H29N3O3S. The summed E-state index contributed by atoms with van der Waals surface area (Å²) in [5.41, 5.74) is 1.99. The average Bonchev–Trinajstić information content (AvgIpc) is 2.83. The van der Waals surface area contributed by atoms with Crippen LogP contribution in [-0.2, 0) is 21.2 Å². The Labute approximate surface area is 190 Å². The van der Waals surface area contributed by atoms with Gasteiger partial charge in [-0.3, -0.25) is 4.79 Å². The molecule has 32 heavy (non-hydrogen) atoms. The summed E-state index contributed by atoms with van der Waals surface area (Å²) in [5.74, 6) is -0.337. The molecule has 1 atom stereocenters. The monoisotopic (exact) mass is 451 g/mol. The van der Waals surface area contributed by atoms with E-state index in [1.54, 1.807) is 18.2 Å². The molecule has 0 saturated heterocycles. The van der Waals surface area contributed by atoms with Crippen molar-refractivity contribution in [1.82, 2.24) is 10.0 Å². The molecule has 0 aliphatic carbocycles. The Morgan fingerprint density at radius 1 is 0.875 bits per heavy atom. The van der Waals surface area contributed by atoms with Crippen LogP contribution in [0.25, 0.3) is 0 Å². The Balaban J connectivity index is 1.61. The molecule has 0 heterocycles. The Morgan fingerprint density at radius 2 is 1.44 bits per heavy atom. The number of hydrogen-bond acceptors (Lipinski definition) is 4. The van der Waals surface area contributed by atoms with E-state index in [-0.39, 0.29) is 17.2 Å². The molecule has 0 aromatic heterocycles. The lowest BCUT2D eigenvalue weighted by Gasteiger charge is -2.21. The number of nitrogens with zero attached hydrogens (tertiary/aromatic N) is 1. The van der Waals surface area contributed by atoms with Crippen LogP contribution in [0.4, 0.5) is 5.69 Å². The number of rotatable bonds is 11. The summed E-state index contributed by atoms with van der Waals surface area (Å²) in [6.45, 7) is 1.22. The second-order valence-electron chi connectivity index (χ2n) is 7.58. The maximum atomic E-state index is 12.9. The van der Waals surface area contributed by atoms with Crippen molar-refractivity contribution in [3.05, 3.63) is 96.6 Å². The van der Waals surface area contributed by atoms with Crippen LogP contribution in [0.15, 0.2) is 95.9 Å². The van der Waals surface area contributed by atoms with E-state index in [0.717, 1.165) is 24.2 Å². The third-order valence-electron chi connectivity index (χ3n) is 5.12. The first-order valence-electron chi connectivity index (χ1n) is 10.6. The fourth-order valence-corrected chi connectivity index (χ4v) is 4.57. The van der Waals surface area contributed by atoms with E-state index in [2.05, 4.69) is 14.9 Å². The van der Waals surface area contributed by atoms with Crippen molar-refractivity contribution in [3.63, 3.8) is 0 Å². The lowest BCUT2D eigenvalue weighted by Crippen LogP contribution is -2.48. The predicted molar refractivity (Wildman–Crippen MR) is 128 cm³/mol. The number of anilines is 1. The minimum atomic E-state index is -3.82. The van der Waals surface area contributed by atoms with Gasteiger partial charge in [-0.05, 0) is 42.7 Å². The van der Waals surface area contributed by atoms with Gasteiger partial charge < -0.3 is 10.2 Å². The molecule has 0 radical (unpaired) electrons. The van der Waals surface area contributed by atoms with E-state index in [9.17, 15) is 13.2 Å². The highest BCUT2D eigenvalue weighted by Gasteiger charge is 2.25. The highest BCUT2D eigenvalue weighted by Crippen LogP contribution is 2.12. The third kappa shape index (κ3) is 6.93. The molecule has 0 aliphatic rings. The summed E-state index contributed by atoms with van der Waals surface area (Å²) in [6, 6.07) is 26.6. The largest absolute Gasteiger partial charge is 0.375 e. The number of nitrogens with one attached hydrogen (secondary N) is 2. The zero-order valence-electron chi connectivity index (χ0n) is 18.1. The molecule has 0 fully saturated rings. The number of hydrogen-bond donors (Lipinski definition) is 2. The van der Waals surface area contributed by atoms with Crippen LogP contribution in [0.2, 0.25) is 0 Å². The third-order valence-corrected chi connectivity index (χ3v) is 6.60.